The van der Waals surface area contributed by atoms with E-state index in [1.54, 1.807) is 11.6 Å². The molecule has 29 heavy (non-hydrogen) atoms. The minimum absolute atomic E-state index is 0.0658. The van der Waals surface area contributed by atoms with Crippen molar-refractivity contribution < 1.29 is 22.7 Å². The largest absolute Gasteiger partial charge is 0.465 e. The molecule has 1 aliphatic carbocycles. The number of hydrogen-bond acceptors (Lipinski definition) is 8. The quantitative estimate of drug-likeness (QED) is 0.724. The Kier molecular flexibility index (Phi) is 5.19. The number of methoxy groups -OCH3 is 1. The van der Waals surface area contributed by atoms with E-state index in [9.17, 15) is 18.0 Å². The van der Waals surface area contributed by atoms with Gasteiger partial charge in [-0.05, 0) is 39.0 Å². The van der Waals surface area contributed by atoms with Crippen LogP contribution in [0.25, 0.3) is 0 Å². The Bertz CT molecular complexity index is 1090. The molecule has 4 rings (SSSR count). The molecule has 1 atom stereocenters. The highest BCUT2D eigenvalue weighted by molar-refractivity contribution is 7.91. The van der Waals surface area contributed by atoms with Crippen LogP contribution in [0.1, 0.15) is 62.4 Å². The topological polar surface area (TPSA) is 120 Å². The van der Waals surface area contributed by atoms with E-state index in [0.29, 0.717) is 27.8 Å². The van der Waals surface area contributed by atoms with Crippen LogP contribution in [0.5, 0.6) is 0 Å². The number of carbonyl (C=O) groups excluding carboxylic acids is 2. The van der Waals surface area contributed by atoms with Crippen molar-refractivity contribution >= 4 is 38.2 Å². The van der Waals surface area contributed by atoms with E-state index in [4.69, 9.17) is 4.74 Å². The lowest BCUT2D eigenvalue weighted by molar-refractivity contribution is 0.0605. The zero-order valence-corrected chi connectivity index (χ0v) is 17.9. The molecule has 2 aliphatic rings. The molecule has 0 saturated carbocycles. The SMILES string of the molecule is COC(=O)c1sc(NC(=O)c2nn([C@@H]3CCS(=O)(=O)C3)c3c2CCCC3)nc1C. The van der Waals surface area contributed by atoms with E-state index >= 15 is 0 Å². The molecule has 1 saturated heterocycles. The van der Waals surface area contributed by atoms with Gasteiger partial charge in [0.15, 0.2) is 20.7 Å². The van der Waals surface area contributed by atoms with Gasteiger partial charge in [0.05, 0.1) is 30.4 Å². The van der Waals surface area contributed by atoms with Crippen molar-refractivity contribution in [1.82, 2.24) is 14.8 Å². The molecular weight excluding hydrogens is 416 g/mol. The summed E-state index contributed by atoms with van der Waals surface area (Å²) in [6.07, 6.45) is 4.00. The molecule has 2 aromatic rings. The van der Waals surface area contributed by atoms with Crippen molar-refractivity contribution in [2.75, 3.05) is 23.9 Å². The normalized spacial score (nSPS) is 20.3. The fraction of sp³-hybridized carbons (Fsp3) is 0.556. The smallest absolute Gasteiger partial charge is 0.350 e. The highest BCUT2D eigenvalue weighted by Gasteiger charge is 2.34. The first kappa shape index (κ1) is 20.0. The molecule has 9 nitrogen and oxygen atoms in total. The minimum Gasteiger partial charge on any atom is -0.465 e. The van der Waals surface area contributed by atoms with Crippen molar-refractivity contribution in [1.29, 1.82) is 0 Å². The number of nitrogens with zero attached hydrogens (tertiary/aromatic N) is 3. The molecule has 0 unspecified atom stereocenters. The lowest BCUT2D eigenvalue weighted by Gasteiger charge is -2.17. The predicted octanol–water partition coefficient (Wildman–Crippen LogP) is 1.93. The highest BCUT2D eigenvalue weighted by atomic mass is 32.2. The zero-order chi connectivity index (χ0) is 20.8. The molecule has 0 spiro atoms. The first-order valence-corrected chi connectivity index (χ1v) is 12.1. The number of thiazole rings is 1. The number of anilines is 1. The van der Waals surface area contributed by atoms with Gasteiger partial charge < -0.3 is 4.74 Å². The lowest BCUT2D eigenvalue weighted by atomic mass is 9.95. The summed E-state index contributed by atoms with van der Waals surface area (Å²) in [6, 6.07) is -0.221. The van der Waals surface area contributed by atoms with Crippen LogP contribution in [0, 0.1) is 6.92 Å². The van der Waals surface area contributed by atoms with Crippen molar-refractivity contribution in [3.63, 3.8) is 0 Å². The van der Waals surface area contributed by atoms with Gasteiger partial charge in [-0.15, -0.1) is 0 Å². The molecule has 1 fully saturated rings. The van der Waals surface area contributed by atoms with Crippen molar-refractivity contribution in [3.05, 3.63) is 27.5 Å². The summed E-state index contributed by atoms with van der Waals surface area (Å²) < 4.78 is 30.3. The molecule has 0 aromatic carbocycles. The summed E-state index contributed by atoms with van der Waals surface area (Å²) in [7, 11) is -1.76. The van der Waals surface area contributed by atoms with Crippen LogP contribution in [0.3, 0.4) is 0 Å². The minimum atomic E-state index is -3.06. The number of amides is 1. The maximum atomic E-state index is 12.9. The number of ether oxygens (including phenoxy) is 1. The first-order chi connectivity index (χ1) is 13.8. The number of esters is 1. The predicted molar refractivity (Wildman–Crippen MR) is 107 cm³/mol. The van der Waals surface area contributed by atoms with E-state index < -0.39 is 21.7 Å². The molecule has 3 heterocycles. The van der Waals surface area contributed by atoms with Crippen LogP contribution in [-0.4, -0.2) is 53.7 Å². The third-order valence-electron chi connectivity index (χ3n) is 5.37. The molecule has 0 bridgehead atoms. The number of aryl methyl sites for hydroxylation is 1. The van der Waals surface area contributed by atoms with E-state index in [1.165, 1.54) is 7.11 Å². The molecular formula is C18H22N4O5S2. The van der Waals surface area contributed by atoms with Gasteiger partial charge in [-0.25, -0.2) is 18.2 Å². The lowest BCUT2D eigenvalue weighted by Crippen LogP contribution is -2.17. The summed E-state index contributed by atoms with van der Waals surface area (Å²) in [5.41, 5.74) is 2.66. The fourth-order valence-corrected chi connectivity index (χ4v) is 6.54. The second-order valence-corrected chi connectivity index (χ2v) is 10.6. The van der Waals surface area contributed by atoms with E-state index in [1.807, 2.05) is 0 Å². The van der Waals surface area contributed by atoms with E-state index in [-0.39, 0.29) is 17.5 Å². The maximum Gasteiger partial charge on any atom is 0.350 e. The number of aromatic nitrogens is 3. The van der Waals surface area contributed by atoms with Crippen LogP contribution in [-0.2, 0) is 27.4 Å². The van der Waals surface area contributed by atoms with Gasteiger partial charge in [0.2, 0.25) is 0 Å². The molecule has 1 N–H and O–H groups in total. The molecule has 156 valence electrons. The van der Waals surface area contributed by atoms with Gasteiger partial charge in [-0.1, -0.05) is 11.3 Å². The summed E-state index contributed by atoms with van der Waals surface area (Å²) in [6.45, 7) is 1.68. The Hall–Kier alpha value is -2.27. The van der Waals surface area contributed by atoms with Gasteiger partial charge in [0, 0.05) is 11.3 Å². The fourth-order valence-electron chi connectivity index (χ4n) is 3.97. The second-order valence-electron chi connectivity index (χ2n) is 7.36. The average Bonchev–Trinajstić information content (AvgIpc) is 3.35. The van der Waals surface area contributed by atoms with Gasteiger partial charge in [0.1, 0.15) is 4.88 Å². The average molecular weight is 439 g/mol. The first-order valence-electron chi connectivity index (χ1n) is 9.47. The standard InChI is InChI=1S/C18H22N4O5S2/c1-10-15(17(24)27-2)28-18(19-10)20-16(23)14-12-5-3-4-6-13(12)22(21-14)11-7-8-29(25,26)9-11/h11H,3-9H2,1-2H3,(H,19,20,23)/t11-/m1/s1. The Morgan fingerprint density at radius 1 is 1.28 bits per heavy atom. The molecule has 0 radical (unpaired) electrons. The molecule has 1 aliphatic heterocycles. The molecule has 1 amide bonds. The van der Waals surface area contributed by atoms with Crippen LogP contribution < -0.4 is 5.32 Å². The summed E-state index contributed by atoms with van der Waals surface area (Å²) >= 11 is 1.05. The zero-order valence-electron chi connectivity index (χ0n) is 16.2. The molecule has 11 heteroatoms. The maximum absolute atomic E-state index is 12.9. The Morgan fingerprint density at radius 3 is 2.72 bits per heavy atom. The number of carbonyl (C=O) groups is 2. The molecule has 2 aromatic heterocycles. The van der Waals surface area contributed by atoms with Crippen molar-refractivity contribution in [3.8, 4) is 0 Å². The number of rotatable bonds is 4. The monoisotopic (exact) mass is 438 g/mol. The number of hydrogen-bond donors (Lipinski definition) is 1. The Morgan fingerprint density at radius 2 is 2.03 bits per heavy atom. The summed E-state index contributed by atoms with van der Waals surface area (Å²) in [5.74, 6) is -0.670. The van der Waals surface area contributed by atoms with Crippen molar-refractivity contribution in [2.45, 2.75) is 45.1 Å². The van der Waals surface area contributed by atoms with Crippen LogP contribution in [0.2, 0.25) is 0 Å². The number of sulfone groups is 1. The van der Waals surface area contributed by atoms with E-state index in [0.717, 1.165) is 48.3 Å². The number of fused-ring (bicyclic) bond motifs is 1. The highest BCUT2D eigenvalue weighted by Crippen LogP contribution is 2.32. The van der Waals surface area contributed by atoms with Gasteiger partial charge >= 0.3 is 5.97 Å². The van der Waals surface area contributed by atoms with Crippen LogP contribution in [0.15, 0.2) is 0 Å². The second kappa shape index (κ2) is 7.52. The summed E-state index contributed by atoms with van der Waals surface area (Å²) in [4.78, 5) is 29.3. The Balaban J connectivity index is 1.63. The third-order valence-corrected chi connectivity index (χ3v) is 8.17. The Labute approximate surface area is 172 Å². The van der Waals surface area contributed by atoms with Crippen LogP contribution in [0.4, 0.5) is 5.13 Å². The van der Waals surface area contributed by atoms with Crippen molar-refractivity contribution in [2.24, 2.45) is 0 Å². The van der Waals surface area contributed by atoms with Gasteiger partial charge in [-0.2, -0.15) is 5.10 Å². The van der Waals surface area contributed by atoms with Crippen LogP contribution >= 0.6 is 11.3 Å². The van der Waals surface area contributed by atoms with Gasteiger partial charge in [-0.3, -0.25) is 14.8 Å². The third kappa shape index (κ3) is 3.80. The number of nitrogens with one attached hydrogen (secondary N) is 1. The summed E-state index contributed by atoms with van der Waals surface area (Å²) in [5, 5.41) is 7.58. The van der Waals surface area contributed by atoms with Gasteiger partial charge in [0.25, 0.3) is 5.91 Å². The van der Waals surface area contributed by atoms with E-state index in [2.05, 4.69) is 15.4 Å².